The number of likely N-dealkylation sites (tertiary alicyclic amines) is 1. The molecule has 348 valence electrons. The van der Waals surface area contributed by atoms with E-state index in [1.807, 2.05) is 38.2 Å². The van der Waals surface area contributed by atoms with Crippen LogP contribution in [0.3, 0.4) is 0 Å². The summed E-state index contributed by atoms with van der Waals surface area (Å²) in [5, 5.41) is 26.0. The average molecular weight is 894 g/mol. The smallest absolute Gasteiger partial charge is 0.324 e. The largest absolute Gasteiger partial charge is 0.508 e. The fourth-order valence-corrected chi connectivity index (χ4v) is 9.83. The second kappa shape index (κ2) is 19.7. The number of hydrogen-bond acceptors (Lipinski definition) is 11. The van der Waals surface area contributed by atoms with Gasteiger partial charge in [0, 0.05) is 81.0 Å². The van der Waals surface area contributed by atoms with Crippen LogP contribution in [0.4, 0.5) is 0 Å². The van der Waals surface area contributed by atoms with E-state index in [-0.39, 0.29) is 43.7 Å². The molecule has 4 amide bonds. The number of aromatic hydroxyl groups is 1. The Morgan fingerprint density at radius 2 is 1.86 bits per heavy atom. The van der Waals surface area contributed by atoms with Crippen molar-refractivity contribution in [3.8, 4) is 28.1 Å². The lowest BCUT2D eigenvalue weighted by Crippen LogP contribution is -2.62. The van der Waals surface area contributed by atoms with E-state index in [4.69, 9.17) is 9.47 Å². The molecule has 0 aliphatic carbocycles. The van der Waals surface area contributed by atoms with Gasteiger partial charge >= 0.3 is 5.97 Å². The minimum atomic E-state index is -1.18. The fraction of sp³-hybridized carbons (Fsp3) is 0.510. The minimum absolute atomic E-state index is 0.0214. The lowest BCUT2D eigenvalue weighted by molar-refractivity contribution is -0.155. The van der Waals surface area contributed by atoms with Crippen LogP contribution in [0, 0.1) is 17.3 Å². The molecule has 2 aromatic carbocycles. The predicted molar refractivity (Wildman–Crippen MR) is 244 cm³/mol. The van der Waals surface area contributed by atoms with Gasteiger partial charge < -0.3 is 39.4 Å². The molecule has 6 bridgehead atoms. The van der Waals surface area contributed by atoms with Crippen molar-refractivity contribution in [2.45, 2.75) is 98.0 Å². The van der Waals surface area contributed by atoms with E-state index in [9.17, 15) is 34.2 Å². The molecule has 0 spiro atoms. The molecule has 2 saturated heterocycles. The number of pyridine rings is 1. The number of aromatic nitrogens is 2. The maximum atomic E-state index is 14.7. The number of nitrogens with one attached hydrogen (secondary N) is 2. The molecule has 16 nitrogen and oxygen atoms in total. The van der Waals surface area contributed by atoms with E-state index in [0.717, 1.165) is 38.9 Å². The molecule has 0 radical (unpaired) electrons. The predicted octanol–water partition coefficient (Wildman–Crippen LogP) is 4.21. The molecule has 3 aliphatic rings. The van der Waals surface area contributed by atoms with Gasteiger partial charge in [-0.2, -0.15) is 0 Å². The number of benzene rings is 2. The SMILES string of the molecule is CCn1c(-c2cnccc2COC)c2c3cc(ccc31)-c1cc(O)cc(c1)C[C@H](NC(=O)C(C(C)C)N(C)C(=O)[C@H]1CCN(C(=O)CO)C1)C(=O)N1CCC[C@H](N1)C(=O)OCC(C)(C)C2. The molecule has 3 aliphatic heterocycles. The summed E-state index contributed by atoms with van der Waals surface area (Å²) in [6.07, 6.45) is 5.47. The van der Waals surface area contributed by atoms with Crippen molar-refractivity contribution in [1.29, 1.82) is 0 Å². The number of carbonyl (C=O) groups excluding carboxylic acids is 5. The standard InChI is InChI=1S/C49H63N7O9/c1-8-55-41-12-11-31-22-36(41)37(44(55)38-24-50-15-13-33(38)27-64-7)23-49(4,5)28-65-48(63)39-10-9-16-56(52-39)47(62)40(20-30-18-34(31)21-35(58)19-30)51-45(60)43(29(2)3)53(6)46(61)32-14-17-54(25-32)42(59)26-57/h11-13,15,18-19,21-22,24,29,32,39-40,43,52,57-58H,8-10,14,16-17,20,23,25-28H2,1-7H3,(H,51,60)/t32-,39-,40-,43?/m0/s1. The second-order valence-corrected chi connectivity index (χ2v) is 18.8. The van der Waals surface area contributed by atoms with Gasteiger partial charge in [0.05, 0.1) is 24.8 Å². The highest BCUT2D eigenvalue weighted by molar-refractivity contribution is 5.96. The molecule has 5 heterocycles. The Bertz CT molecular complexity index is 2450. The molecule has 4 atom stereocenters. The summed E-state index contributed by atoms with van der Waals surface area (Å²) >= 11 is 0. The van der Waals surface area contributed by atoms with E-state index < -0.39 is 59.8 Å². The summed E-state index contributed by atoms with van der Waals surface area (Å²) in [6.45, 7) is 11.1. The number of cyclic esters (lactones) is 1. The van der Waals surface area contributed by atoms with Crippen LogP contribution in [0.25, 0.3) is 33.3 Å². The quantitative estimate of drug-likeness (QED) is 0.167. The Hall–Kier alpha value is -5.84. The van der Waals surface area contributed by atoms with Crippen molar-refractivity contribution in [3.05, 3.63) is 71.5 Å². The van der Waals surface area contributed by atoms with Gasteiger partial charge in [0.25, 0.3) is 5.91 Å². The number of methoxy groups -OCH3 is 1. The van der Waals surface area contributed by atoms with Crippen LogP contribution in [0.15, 0.2) is 54.9 Å². The summed E-state index contributed by atoms with van der Waals surface area (Å²) in [5.74, 6) is -3.26. The van der Waals surface area contributed by atoms with Crippen molar-refractivity contribution in [3.63, 3.8) is 0 Å². The third-order valence-electron chi connectivity index (χ3n) is 13.0. The van der Waals surface area contributed by atoms with E-state index in [2.05, 4.69) is 53.2 Å². The number of carbonyl (C=O) groups is 5. The lowest BCUT2D eigenvalue weighted by atomic mass is 9.84. The van der Waals surface area contributed by atoms with Crippen LogP contribution in [-0.2, 0) is 59.4 Å². The molecule has 4 aromatic rings. The van der Waals surface area contributed by atoms with Gasteiger partial charge in [0.1, 0.15) is 30.5 Å². The zero-order valence-electron chi connectivity index (χ0n) is 38.6. The first-order valence-electron chi connectivity index (χ1n) is 22.6. The van der Waals surface area contributed by atoms with Crippen molar-refractivity contribution >= 4 is 40.5 Å². The minimum Gasteiger partial charge on any atom is -0.508 e. The summed E-state index contributed by atoms with van der Waals surface area (Å²) in [5.41, 5.74) is 9.65. The topological polar surface area (TPSA) is 196 Å². The molecular formula is C49H63N7O9. The van der Waals surface area contributed by atoms with E-state index in [1.54, 1.807) is 32.5 Å². The van der Waals surface area contributed by atoms with Crippen molar-refractivity contribution < 1.29 is 43.7 Å². The van der Waals surface area contributed by atoms with Crippen molar-refractivity contribution in [2.24, 2.45) is 17.3 Å². The first-order chi connectivity index (χ1) is 31.0. The molecule has 65 heavy (non-hydrogen) atoms. The molecule has 7 rings (SSSR count). The van der Waals surface area contributed by atoms with Crippen molar-refractivity contribution in [1.82, 2.24) is 35.1 Å². The Kier molecular flexibility index (Phi) is 14.3. The number of amides is 4. The zero-order valence-corrected chi connectivity index (χ0v) is 38.6. The van der Waals surface area contributed by atoms with E-state index in [0.29, 0.717) is 56.5 Å². The molecule has 2 fully saturated rings. The number of aliphatic hydroxyl groups excluding tert-OH is 1. The third kappa shape index (κ3) is 10.0. The van der Waals surface area contributed by atoms with Gasteiger partial charge in [-0.05, 0) is 96.7 Å². The van der Waals surface area contributed by atoms with Crippen LogP contribution in [0.2, 0.25) is 0 Å². The number of aryl methyl sites for hydroxylation is 1. The van der Waals surface area contributed by atoms with Gasteiger partial charge in [-0.25, -0.2) is 5.43 Å². The van der Waals surface area contributed by atoms with Gasteiger partial charge in [-0.3, -0.25) is 34.0 Å². The van der Waals surface area contributed by atoms with Gasteiger partial charge in [0.15, 0.2) is 0 Å². The number of ether oxygens (including phenoxy) is 2. The summed E-state index contributed by atoms with van der Waals surface area (Å²) < 4.78 is 14.0. The van der Waals surface area contributed by atoms with Crippen LogP contribution < -0.4 is 10.7 Å². The summed E-state index contributed by atoms with van der Waals surface area (Å²) in [7, 11) is 3.22. The number of fused-ring (bicyclic) bond motifs is 6. The number of hydrazine groups is 1. The molecule has 4 N–H and O–H groups in total. The van der Waals surface area contributed by atoms with Gasteiger partial charge in [-0.15, -0.1) is 0 Å². The van der Waals surface area contributed by atoms with Crippen LogP contribution in [0.1, 0.15) is 70.6 Å². The number of hydrogen-bond donors (Lipinski definition) is 4. The lowest BCUT2D eigenvalue weighted by Gasteiger charge is -2.37. The average Bonchev–Trinajstić information content (AvgIpc) is 3.90. The number of phenols is 1. The third-order valence-corrected chi connectivity index (χ3v) is 13.0. The number of phenolic OH excluding ortho intramolecular Hbond substituents is 1. The Morgan fingerprint density at radius 3 is 2.58 bits per heavy atom. The van der Waals surface area contributed by atoms with Crippen LogP contribution in [-0.4, -0.2) is 129 Å². The highest BCUT2D eigenvalue weighted by Gasteiger charge is 2.40. The van der Waals surface area contributed by atoms with E-state index >= 15 is 0 Å². The number of aliphatic hydroxyl groups is 1. The molecule has 2 aromatic heterocycles. The maximum Gasteiger partial charge on any atom is 0.324 e. The van der Waals surface area contributed by atoms with Crippen molar-refractivity contribution in [2.75, 3.05) is 47.0 Å². The Morgan fingerprint density at radius 1 is 1.08 bits per heavy atom. The number of nitrogens with zero attached hydrogens (tertiary/aromatic N) is 5. The maximum absolute atomic E-state index is 14.7. The van der Waals surface area contributed by atoms with Crippen LogP contribution in [0.5, 0.6) is 5.75 Å². The number of likely N-dealkylation sites (N-methyl/N-ethyl adjacent to an activating group) is 1. The first-order valence-corrected chi connectivity index (χ1v) is 22.6. The summed E-state index contributed by atoms with van der Waals surface area (Å²) in [4.78, 5) is 76.4. The number of esters is 1. The fourth-order valence-electron chi connectivity index (χ4n) is 9.83. The zero-order chi connectivity index (χ0) is 46.7. The molecular weight excluding hydrogens is 831 g/mol. The van der Waals surface area contributed by atoms with Crippen LogP contribution >= 0.6 is 0 Å². The molecule has 1 unspecified atom stereocenters. The second-order valence-electron chi connectivity index (χ2n) is 18.8. The number of rotatable bonds is 10. The monoisotopic (exact) mass is 893 g/mol. The summed E-state index contributed by atoms with van der Waals surface area (Å²) in [6, 6.07) is 10.3. The highest BCUT2D eigenvalue weighted by Crippen LogP contribution is 2.41. The normalized spacial score (nSPS) is 20.7. The Balaban J connectivity index is 1.30. The molecule has 0 saturated carbocycles. The van der Waals surface area contributed by atoms with Gasteiger partial charge in [-0.1, -0.05) is 39.8 Å². The first kappa shape index (κ1) is 47.1. The molecule has 16 heteroatoms. The van der Waals surface area contributed by atoms with E-state index in [1.165, 1.54) is 14.8 Å². The van der Waals surface area contributed by atoms with Gasteiger partial charge in [0.2, 0.25) is 17.7 Å². The Labute approximate surface area is 380 Å². The highest BCUT2D eigenvalue weighted by atomic mass is 16.5.